The van der Waals surface area contributed by atoms with E-state index in [0.29, 0.717) is 44.0 Å². The Bertz CT molecular complexity index is 1040. The van der Waals surface area contributed by atoms with E-state index in [1.807, 2.05) is 30.3 Å². The lowest BCUT2D eigenvalue weighted by Gasteiger charge is -2.35. The summed E-state index contributed by atoms with van der Waals surface area (Å²) in [7, 11) is 0. The van der Waals surface area contributed by atoms with Gasteiger partial charge in [-0.25, -0.2) is 4.68 Å². The van der Waals surface area contributed by atoms with E-state index in [9.17, 15) is 23.1 Å². The molecule has 1 unspecified atom stereocenters. The van der Waals surface area contributed by atoms with Crippen molar-refractivity contribution in [3.05, 3.63) is 83.7 Å². The van der Waals surface area contributed by atoms with Gasteiger partial charge in [-0.15, -0.1) is 0 Å². The van der Waals surface area contributed by atoms with Gasteiger partial charge >= 0.3 is 6.18 Å². The van der Waals surface area contributed by atoms with Gasteiger partial charge in [-0.1, -0.05) is 30.3 Å². The molecule has 0 bridgehead atoms. The molecule has 1 aromatic heterocycles. The van der Waals surface area contributed by atoms with Gasteiger partial charge < -0.3 is 10.0 Å². The van der Waals surface area contributed by atoms with Crippen molar-refractivity contribution < 1.29 is 23.1 Å². The van der Waals surface area contributed by atoms with Crippen LogP contribution >= 0.6 is 0 Å². The van der Waals surface area contributed by atoms with Gasteiger partial charge in [-0.2, -0.15) is 18.3 Å². The highest BCUT2D eigenvalue weighted by molar-refractivity contribution is 5.94. The molecule has 2 heterocycles. The summed E-state index contributed by atoms with van der Waals surface area (Å²) in [5.41, 5.74) is 0.810. The van der Waals surface area contributed by atoms with E-state index >= 15 is 0 Å². The van der Waals surface area contributed by atoms with Gasteiger partial charge in [0.2, 0.25) is 0 Å². The number of alkyl halides is 3. The molecule has 9 heteroatoms. The molecule has 1 N–H and O–H groups in total. The summed E-state index contributed by atoms with van der Waals surface area (Å²) in [5.74, 6) is -0.128. The number of carbonyl (C=O) groups is 1. The molecule has 2 aromatic carbocycles. The Morgan fingerprint density at radius 3 is 2.22 bits per heavy atom. The third kappa shape index (κ3) is 5.00. The average molecular weight is 444 g/mol. The van der Waals surface area contributed by atoms with Crippen LogP contribution in [-0.2, 0) is 6.18 Å². The molecule has 32 heavy (non-hydrogen) atoms. The molecule has 1 amide bonds. The summed E-state index contributed by atoms with van der Waals surface area (Å²) < 4.78 is 39.3. The predicted octanol–water partition coefficient (Wildman–Crippen LogP) is 3.38. The number of aromatic nitrogens is 2. The molecule has 1 aliphatic heterocycles. The van der Waals surface area contributed by atoms with Gasteiger partial charge in [0.1, 0.15) is 0 Å². The zero-order chi connectivity index (χ0) is 22.7. The molecule has 1 fully saturated rings. The summed E-state index contributed by atoms with van der Waals surface area (Å²) >= 11 is 0. The summed E-state index contributed by atoms with van der Waals surface area (Å²) in [6, 6.07) is 16.7. The fraction of sp³-hybridized carbons (Fsp3) is 0.304. The Balaban J connectivity index is 1.33. The van der Waals surface area contributed by atoms with Gasteiger partial charge in [0.05, 0.1) is 11.8 Å². The number of benzene rings is 2. The molecule has 6 nitrogen and oxygen atoms in total. The largest absolute Gasteiger partial charge is 0.435 e. The van der Waals surface area contributed by atoms with Crippen LogP contribution in [0.2, 0.25) is 0 Å². The van der Waals surface area contributed by atoms with Crippen molar-refractivity contribution in [3.63, 3.8) is 0 Å². The van der Waals surface area contributed by atoms with Crippen LogP contribution in [0.5, 0.6) is 0 Å². The second-order valence-electron chi connectivity index (χ2n) is 7.71. The minimum absolute atomic E-state index is 0.128. The number of halogens is 3. The zero-order valence-electron chi connectivity index (χ0n) is 17.2. The third-order valence-electron chi connectivity index (χ3n) is 5.53. The number of piperazine rings is 1. The van der Waals surface area contributed by atoms with E-state index in [2.05, 4.69) is 10.00 Å². The maximum absolute atomic E-state index is 12.8. The van der Waals surface area contributed by atoms with E-state index in [0.717, 1.165) is 16.3 Å². The first-order valence-electron chi connectivity index (χ1n) is 10.3. The molecule has 0 radical (unpaired) electrons. The number of aliphatic hydroxyl groups is 1. The highest BCUT2D eigenvalue weighted by Crippen LogP contribution is 2.28. The lowest BCUT2D eigenvalue weighted by atomic mass is 10.1. The number of amides is 1. The van der Waals surface area contributed by atoms with Crippen molar-refractivity contribution in [2.45, 2.75) is 12.3 Å². The first-order valence-corrected chi connectivity index (χ1v) is 10.3. The Hall–Kier alpha value is -3.17. The average Bonchev–Trinajstić information content (AvgIpc) is 3.31. The highest BCUT2D eigenvalue weighted by atomic mass is 19.4. The standard InChI is InChI=1S/C23H23F3N4O2/c24-23(25,26)21-10-11-30(27-21)19-8-6-18(7-9-19)22(32)29-14-12-28(13-15-29)16-20(31)17-4-2-1-3-5-17/h1-11,20,31H,12-16H2. The van der Waals surface area contributed by atoms with Crippen LogP contribution in [-0.4, -0.2) is 63.3 Å². The molecular formula is C23H23F3N4O2. The molecule has 4 rings (SSSR count). The van der Waals surface area contributed by atoms with Crippen molar-refractivity contribution in [2.75, 3.05) is 32.7 Å². The van der Waals surface area contributed by atoms with E-state index in [1.54, 1.807) is 29.2 Å². The minimum Gasteiger partial charge on any atom is -0.387 e. The topological polar surface area (TPSA) is 61.6 Å². The molecule has 0 aliphatic carbocycles. The Morgan fingerprint density at radius 2 is 1.62 bits per heavy atom. The van der Waals surface area contributed by atoms with Crippen molar-refractivity contribution in [1.82, 2.24) is 19.6 Å². The summed E-state index contributed by atoms with van der Waals surface area (Å²) in [6.45, 7) is 2.89. The summed E-state index contributed by atoms with van der Waals surface area (Å²) in [5, 5.41) is 13.9. The zero-order valence-corrected chi connectivity index (χ0v) is 17.2. The molecule has 1 aliphatic rings. The van der Waals surface area contributed by atoms with Crippen LogP contribution in [0, 0.1) is 0 Å². The number of hydrogen-bond donors (Lipinski definition) is 1. The van der Waals surface area contributed by atoms with Crippen molar-refractivity contribution in [1.29, 1.82) is 0 Å². The van der Waals surface area contributed by atoms with Crippen LogP contribution < -0.4 is 0 Å². The van der Waals surface area contributed by atoms with Crippen molar-refractivity contribution in [3.8, 4) is 5.69 Å². The molecule has 3 aromatic rings. The third-order valence-corrected chi connectivity index (χ3v) is 5.53. The van der Waals surface area contributed by atoms with Crippen LogP contribution in [0.25, 0.3) is 5.69 Å². The van der Waals surface area contributed by atoms with Gasteiger partial charge in [0.25, 0.3) is 5.91 Å². The minimum atomic E-state index is -4.50. The number of β-amino-alcohol motifs (C(OH)–C–C–N with tert-alkyl or cyclic N) is 1. The molecule has 168 valence electrons. The first-order chi connectivity index (χ1) is 15.3. The fourth-order valence-corrected chi connectivity index (χ4v) is 3.72. The fourth-order valence-electron chi connectivity index (χ4n) is 3.72. The summed E-state index contributed by atoms with van der Waals surface area (Å²) in [4.78, 5) is 16.7. The molecule has 0 saturated carbocycles. The highest BCUT2D eigenvalue weighted by Gasteiger charge is 2.33. The van der Waals surface area contributed by atoms with Gasteiger partial charge in [0, 0.05) is 44.5 Å². The normalized spacial score (nSPS) is 16.2. The van der Waals surface area contributed by atoms with Crippen molar-refractivity contribution in [2.24, 2.45) is 0 Å². The predicted molar refractivity (Wildman–Crippen MR) is 112 cm³/mol. The number of carbonyl (C=O) groups excluding carboxylic acids is 1. The van der Waals surface area contributed by atoms with E-state index in [1.165, 1.54) is 6.20 Å². The lowest BCUT2D eigenvalue weighted by Crippen LogP contribution is -2.49. The molecular weight excluding hydrogens is 421 g/mol. The second kappa shape index (κ2) is 9.13. The number of hydrogen-bond acceptors (Lipinski definition) is 4. The smallest absolute Gasteiger partial charge is 0.387 e. The van der Waals surface area contributed by atoms with Crippen LogP contribution in [0.1, 0.15) is 27.7 Å². The summed E-state index contributed by atoms with van der Waals surface area (Å²) in [6.07, 6.45) is -3.84. The quantitative estimate of drug-likeness (QED) is 0.656. The maximum Gasteiger partial charge on any atom is 0.435 e. The van der Waals surface area contributed by atoms with Gasteiger partial charge in [-0.05, 0) is 35.9 Å². The van der Waals surface area contributed by atoms with E-state index in [-0.39, 0.29) is 5.91 Å². The molecule has 1 atom stereocenters. The van der Waals surface area contributed by atoms with Crippen LogP contribution in [0.4, 0.5) is 13.2 Å². The van der Waals surface area contributed by atoms with Gasteiger partial charge in [-0.3, -0.25) is 9.69 Å². The van der Waals surface area contributed by atoms with Crippen LogP contribution in [0.15, 0.2) is 66.9 Å². The first kappa shape index (κ1) is 22.0. The maximum atomic E-state index is 12.8. The number of aliphatic hydroxyl groups excluding tert-OH is 1. The van der Waals surface area contributed by atoms with E-state index < -0.39 is 18.0 Å². The number of nitrogens with zero attached hydrogens (tertiary/aromatic N) is 4. The SMILES string of the molecule is O=C(c1ccc(-n2ccc(C(F)(F)F)n2)cc1)N1CCN(CC(O)c2ccccc2)CC1. The van der Waals surface area contributed by atoms with E-state index in [4.69, 9.17) is 0 Å². The Kier molecular flexibility index (Phi) is 6.29. The Morgan fingerprint density at radius 1 is 0.969 bits per heavy atom. The number of rotatable bonds is 5. The molecule has 1 saturated heterocycles. The van der Waals surface area contributed by atoms with Crippen LogP contribution in [0.3, 0.4) is 0 Å². The monoisotopic (exact) mass is 444 g/mol. The van der Waals surface area contributed by atoms with Crippen molar-refractivity contribution >= 4 is 5.91 Å². The Labute approximate surface area is 183 Å². The molecule has 0 spiro atoms. The van der Waals surface area contributed by atoms with Gasteiger partial charge in [0.15, 0.2) is 5.69 Å². The second-order valence-corrected chi connectivity index (χ2v) is 7.71. The lowest BCUT2D eigenvalue weighted by molar-refractivity contribution is -0.141.